The van der Waals surface area contributed by atoms with Gasteiger partial charge in [-0.15, -0.1) is 0 Å². The number of aromatic nitrogens is 2. The summed E-state index contributed by atoms with van der Waals surface area (Å²) < 4.78 is 2.05. The first kappa shape index (κ1) is 13.2. The van der Waals surface area contributed by atoms with Crippen molar-refractivity contribution in [3.05, 3.63) is 30.1 Å². The second kappa shape index (κ2) is 4.93. The Morgan fingerprint density at radius 1 is 1.35 bits per heavy atom. The van der Waals surface area contributed by atoms with E-state index in [1.165, 1.54) is 0 Å². The van der Waals surface area contributed by atoms with E-state index < -0.39 is 0 Å². The highest BCUT2D eigenvalue weighted by Crippen LogP contribution is 2.37. The molecule has 0 atom stereocenters. The number of carbonyl (C=O) groups excluding carboxylic acids is 1. The Bertz CT molecular complexity index is 638. The van der Waals surface area contributed by atoms with E-state index in [-0.39, 0.29) is 11.3 Å². The summed E-state index contributed by atoms with van der Waals surface area (Å²) in [6.07, 6.45) is 4.33. The minimum atomic E-state index is -0.176. The second-order valence-electron chi connectivity index (χ2n) is 6.03. The van der Waals surface area contributed by atoms with E-state index in [9.17, 15) is 4.79 Å². The molecule has 0 radical (unpaired) electrons. The van der Waals surface area contributed by atoms with E-state index >= 15 is 0 Å². The van der Waals surface area contributed by atoms with Crippen LogP contribution in [-0.4, -0.2) is 15.5 Å². The Morgan fingerprint density at radius 3 is 2.75 bits per heavy atom. The molecular formula is C16H21N3O. The summed E-state index contributed by atoms with van der Waals surface area (Å²) in [7, 11) is 1.99. The number of hydrogen-bond donors (Lipinski definition) is 1. The van der Waals surface area contributed by atoms with Crippen molar-refractivity contribution in [1.29, 1.82) is 0 Å². The van der Waals surface area contributed by atoms with Crippen molar-refractivity contribution in [1.82, 2.24) is 14.9 Å². The Labute approximate surface area is 119 Å². The van der Waals surface area contributed by atoms with Gasteiger partial charge < -0.3 is 9.88 Å². The Balaban J connectivity index is 1.74. The number of amides is 1. The molecule has 1 amide bonds. The number of para-hydroxylation sites is 2. The van der Waals surface area contributed by atoms with Gasteiger partial charge in [-0.2, -0.15) is 0 Å². The highest BCUT2D eigenvalue weighted by Gasteiger charge is 2.35. The zero-order valence-electron chi connectivity index (χ0n) is 12.1. The highest BCUT2D eigenvalue weighted by atomic mass is 16.2. The number of hydrogen-bond acceptors (Lipinski definition) is 2. The lowest BCUT2D eigenvalue weighted by molar-refractivity contribution is -0.130. The van der Waals surface area contributed by atoms with Gasteiger partial charge in [0, 0.05) is 12.5 Å². The quantitative estimate of drug-likeness (QED) is 0.933. The number of nitrogens with zero attached hydrogens (tertiary/aromatic N) is 2. The van der Waals surface area contributed by atoms with Crippen molar-refractivity contribution in [3.63, 3.8) is 0 Å². The molecule has 4 nitrogen and oxygen atoms in total. The molecule has 0 unspecified atom stereocenters. The predicted octanol–water partition coefficient (Wildman–Crippen LogP) is 2.77. The molecule has 1 aromatic carbocycles. The van der Waals surface area contributed by atoms with Crippen LogP contribution in [0.5, 0.6) is 0 Å². The fourth-order valence-electron chi connectivity index (χ4n) is 3.11. The summed E-state index contributed by atoms with van der Waals surface area (Å²) in [6, 6.07) is 8.04. The molecule has 1 aromatic heterocycles. The molecule has 1 heterocycles. The van der Waals surface area contributed by atoms with Crippen LogP contribution in [-0.2, 0) is 18.4 Å². The third-order valence-corrected chi connectivity index (χ3v) is 4.54. The molecule has 3 rings (SSSR count). The molecule has 20 heavy (non-hydrogen) atoms. The van der Waals surface area contributed by atoms with Gasteiger partial charge in [-0.25, -0.2) is 4.98 Å². The van der Waals surface area contributed by atoms with Crippen molar-refractivity contribution < 1.29 is 4.79 Å². The van der Waals surface area contributed by atoms with E-state index in [0.29, 0.717) is 6.54 Å². The van der Waals surface area contributed by atoms with Crippen molar-refractivity contribution in [2.24, 2.45) is 12.5 Å². The summed E-state index contributed by atoms with van der Waals surface area (Å²) in [5, 5.41) is 3.06. The molecule has 1 saturated carbocycles. The highest BCUT2D eigenvalue weighted by molar-refractivity contribution is 5.82. The molecule has 4 heteroatoms. The average Bonchev–Trinajstić information content (AvgIpc) is 3.03. The molecule has 2 aromatic rings. The van der Waals surface area contributed by atoms with Crippen molar-refractivity contribution in [2.45, 2.75) is 39.2 Å². The van der Waals surface area contributed by atoms with Gasteiger partial charge in [0.15, 0.2) is 0 Å². The van der Waals surface area contributed by atoms with Crippen LogP contribution >= 0.6 is 0 Å². The maximum absolute atomic E-state index is 12.3. The molecule has 1 aliphatic carbocycles. The van der Waals surface area contributed by atoms with Crippen LogP contribution in [0, 0.1) is 5.41 Å². The average molecular weight is 271 g/mol. The minimum Gasteiger partial charge on any atom is -0.348 e. The van der Waals surface area contributed by atoms with E-state index in [0.717, 1.165) is 42.5 Å². The first-order valence-corrected chi connectivity index (χ1v) is 7.29. The van der Waals surface area contributed by atoms with Gasteiger partial charge in [0.25, 0.3) is 0 Å². The fraction of sp³-hybridized carbons (Fsp3) is 0.500. The SMILES string of the molecule is Cn1c(CNC(=O)C2(C)CCCC2)nc2ccccc21. The number of benzene rings is 1. The van der Waals surface area contributed by atoms with Crippen LogP contribution in [0.2, 0.25) is 0 Å². The standard InChI is InChI=1S/C16H21N3O/c1-16(9-5-6-10-16)15(20)17-11-14-18-12-7-3-4-8-13(12)19(14)2/h3-4,7-8H,5-6,9-11H2,1-2H3,(H,17,20). The maximum atomic E-state index is 12.3. The predicted molar refractivity (Wildman–Crippen MR) is 79.1 cm³/mol. The number of rotatable bonds is 3. The van der Waals surface area contributed by atoms with Gasteiger partial charge in [-0.3, -0.25) is 4.79 Å². The van der Waals surface area contributed by atoms with Crippen molar-refractivity contribution in [3.8, 4) is 0 Å². The molecule has 0 saturated heterocycles. The van der Waals surface area contributed by atoms with Crippen LogP contribution in [0.15, 0.2) is 24.3 Å². The van der Waals surface area contributed by atoms with Crippen LogP contribution in [0.4, 0.5) is 0 Å². The normalized spacial score (nSPS) is 17.5. The Kier molecular flexibility index (Phi) is 3.24. The Hall–Kier alpha value is -1.84. The molecule has 0 aliphatic heterocycles. The summed E-state index contributed by atoms with van der Waals surface area (Å²) in [4.78, 5) is 16.9. The molecule has 106 valence electrons. The number of imidazole rings is 1. The number of nitrogens with one attached hydrogen (secondary N) is 1. The first-order chi connectivity index (χ1) is 9.60. The smallest absolute Gasteiger partial charge is 0.226 e. The fourth-order valence-corrected chi connectivity index (χ4v) is 3.11. The molecule has 1 aliphatic rings. The molecule has 0 bridgehead atoms. The van der Waals surface area contributed by atoms with Crippen LogP contribution < -0.4 is 5.32 Å². The number of aryl methyl sites for hydroxylation is 1. The van der Waals surface area contributed by atoms with Crippen LogP contribution in [0.1, 0.15) is 38.4 Å². The van der Waals surface area contributed by atoms with Gasteiger partial charge >= 0.3 is 0 Å². The third-order valence-electron chi connectivity index (χ3n) is 4.54. The third kappa shape index (κ3) is 2.19. The zero-order valence-corrected chi connectivity index (χ0v) is 12.1. The lowest BCUT2D eigenvalue weighted by atomic mass is 9.88. The summed E-state index contributed by atoms with van der Waals surface area (Å²) >= 11 is 0. The van der Waals surface area contributed by atoms with E-state index in [4.69, 9.17) is 0 Å². The lowest BCUT2D eigenvalue weighted by Crippen LogP contribution is -2.37. The Morgan fingerprint density at radius 2 is 2.05 bits per heavy atom. The van der Waals surface area contributed by atoms with Gasteiger partial charge in [0.1, 0.15) is 5.82 Å². The molecule has 0 spiro atoms. The lowest BCUT2D eigenvalue weighted by Gasteiger charge is -2.22. The minimum absolute atomic E-state index is 0.169. The van der Waals surface area contributed by atoms with Crippen LogP contribution in [0.25, 0.3) is 11.0 Å². The van der Waals surface area contributed by atoms with Gasteiger partial charge in [-0.1, -0.05) is 31.9 Å². The van der Waals surface area contributed by atoms with Gasteiger partial charge in [-0.05, 0) is 25.0 Å². The molecule has 1 N–H and O–H groups in total. The molecular weight excluding hydrogens is 250 g/mol. The number of carbonyl (C=O) groups is 1. The van der Waals surface area contributed by atoms with Gasteiger partial charge in [0.05, 0.1) is 17.6 Å². The van der Waals surface area contributed by atoms with E-state index in [1.54, 1.807) is 0 Å². The zero-order chi connectivity index (χ0) is 14.2. The first-order valence-electron chi connectivity index (χ1n) is 7.29. The second-order valence-corrected chi connectivity index (χ2v) is 6.03. The van der Waals surface area contributed by atoms with Crippen molar-refractivity contribution in [2.75, 3.05) is 0 Å². The largest absolute Gasteiger partial charge is 0.348 e. The monoisotopic (exact) mass is 271 g/mol. The summed E-state index contributed by atoms with van der Waals surface area (Å²) in [5.74, 6) is 1.07. The van der Waals surface area contributed by atoms with E-state index in [2.05, 4.69) is 17.2 Å². The maximum Gasteiger partial charge on any atom is 0.226 e. The summed E-state index contributed by atoms with van der Waals surface area (Å²) in [6.45, 7) is 2.57. The van der Waals surface area contributed by atoms with E-state index in [1.807, 2.05) is 35.9 Å². The van der Waals surface area contributed by atoms with Gasteiger partial charge in [0.2, 0.25) is 5.91 Å². The number of fused-ring (bicyclic) bond motifs is 1. The molecule has 1 fully saturated rings. The van der Waals surface area contributed by atoms with Crippen LogP contribution in [0.3, 0.4) is 0 Å². The topological polar surface area (TPSA) is 46.9 Å². The van der Waals surface area contributed by atoms with Crippen molar-refractivity contribution >= 4 is 16.9 Å². The summed E-state index contributed by atoms with van der Waals surface area (Å²) in [5.41, 5.74) is 1.90.